The fourth-order valence-corrected chi connectivity index (χ4v) is 7.54. The maximum atomic E-state index is 7.07. The van der Waals surface area contributed by atoms with Crippen LogP contribution in [0.2, 0.25) is 0 Å². The molecule has 0 N–H and O–H groups in total. The van der Waals surface area contributed by atoms with Crippen molar-refractivity contribution in [1.29, 1.82) is 0 Å². The zero-order chi connectivity index (χ0) is 16.7. The van der Waals surface area contributed by atoms with Crippen LogP contribution in [0.25, 0.3) is 0 Å². The number of fused-ring (bicyclic) bond motifs is 5. The molecule has 3 fully saturated rings. The second-order valence-corrected chi connectivity index (χ2v) is 10.0. The molecule has 0 bridgehead atoms. The highest BCUT2D eigenvalue weighted by molar-refractivity contribution is 6.21. The standard InChI is InChI=1S/C23H35Cl/c1-16(2)9-12-22(24)23-14-5-8-21(23)20-11-10-17-6-3-4-7-18(17)19(20)13-15-23/h5,9,14,17-22H,3-4,6-8,10-13,15H2,1-2H3/t17?,18-,19+,20+,21-,22?,23+/m0/s1. The van der Waals surface area contributed by atoms with E-state index in [-0.39, 0.29) is 0 Å². The number of halogens is 1. The zero-order valence-corrected chi connectivity index (χ0v) is 16.4. The van der Waals surface area contributed by atoms with Crippen molar-refractivity contribution in [2.75, 3.05) is 0 Å². The predicted molar refractivity (Wildman–Crippen MR) is 104 cm³/mol. The fourth-order valence-electron chi connectivity index (χ4n) is 7.11. The summed E-state index contributed by atoms with van der Waals surface area (Å²) in [4.78, 5) is 0. The third-order valence-electron chi connectivity index (χ3n) is 8.19. The van der Waals surface area contributed by atoms with Crippen LogP contribution in [0.1, 0.15) is 78.1 Å². The van der Waals surface area contributed by atoms with Crippen LogP contribution in [0.5, 0.6) is 0 Å². The Labute approximate surface area is 154 Å². The van der Waals surface area contributed by atoms with Gasteiger partial charge in [-0.15, -0.1) is 11.6 Å². The van der Waals surface area contributed by atoms with E-state index in [1.807, 2.05) is 0 Å². The van der Waals surface area contributed by atoms with Crippen molar-refractivity contribution in [3.8, 4) is 0 Å². The second-order valence-electron chi connectivity index (χ2n) is 9.49. The van der Waals surface area contributed by atoms with Crippen LogP contribution < -0.4 is 0 Å². The van der Waals surface area contributed by atoms with Gasteiger partial charge in [-0.25, -0.2) is 0 Å². The van der Waals surface area contributed by atoms with E-state index in [1.165, 1.54) is 63.4 Å². The van der Waals surface area contributed by atoms with E-state index < -0.39 is 0 Å². The Morgan fingerprint density at radius 2 is 1.92 bits per heavy atom. The molecule has 0 saturated heterocycles. The van der Waals surface area contributed by atoms with E-state index in [4.69, 9.17) is 11.6 Å². The average Bonchev–Trinajstić information content (AvgIpc) is 3.04. The van der Waals surface area contributed by atoms with Crippen LogP contribution in [0.3, 0.4) is 0 Å². The summed E-state index contributed by atoms with van der Waals surface area (Å²) in [6, 6.07) is 0. The van der Waals surface area contributed by atoms with Crippen LogP contribution in [0.4, 0.5) is 0 Å². The monoisotopic (exact) mass is 346 g/mol. The summed E-state index contributed by atoms with van der Waals surface area (Å²) in [6.45, 7) is 4.40. The van der Waals surface area contributed by atoms with Crippen molar-refractivity contribution >= 4 is 11.6 Å². The van der Waals surface area contributed by atoms with E-state index in [1.54, 1.807) is 0 Å². The number of hydrogen-bond acceptors (Lipinski definition) is 0. The summed E-state index contributed by atoms with van der Waals surface area (Å²) < 4.78 is 0. The summed E-state index contributed by atoms with van der Waals surface area (Å²) >= 11 is 7.07. The molecule has 0 amide bonds. The van der Waals surface area contributed by atoms with Gasteiger partial charge in [0, 0.05) is 10.8 Å². The lowest BCUT2D eigenvalue weighted by Gasteiger charge is -2.56. The first kappa shape index (κ1) is 17.2. The van der Waals surface area contributed by atoms with Gasteiger partial charge in [-0.05, 0) is 88.4 Å². The topological polar surface area (TPSA) is 0 Å². The summed E-state index contributed by atoms with van der Waals surface area (Å²) in [5.41, 5.74) is 1.71. The van der Waals surface area contributed by atoms with Crippen LogP contribution in [-0.4, -0.2) is 5.38 Å². The lowest BCUT2D eigenvalue weighted by atomic mass is 9.49. The third kappa shape index (κ3) is 2.81. The zero-order valence-electron chi connectivity index (χ0n) is 15.6. The first-order valence-corrected chi connectivity index (χ1v) is 11.0. The third-order valence-corrected chi connectivity index (χ3v) is 8.78. The molecule has 0 aromatic rings. The van der Waals surface area contributed by atoms with Crippen molar-refractivity contribution in [2.45, 2.75) is 83.4 Å². The van der Waals surface area contributed by atoms with Crippen LogP contribution in [-0.2, 0) is 0 Å². The highest BCUT2D eigenvalue weighted by Gasteiger charge is 2.55. The maximum Gasteiger partial charge on any atom is 0.0464 e. The Hall–Kier alpha value is -0.230. The first-order chi connectivity index (χ1) is 11.6. The van der Waals surface area contributed by atoms with E-state index in [9.17, 15) is 0 Å². The van der Waals surface area contributed by atoms with Gasteiger partial charge in [-0.3, -0.25) is 0 Å². The molecule has 0 aliphatic heterocycles. The van der Waals surface area contributed by atoms with Crippen molar-refractivity contribution < 1.29 is 0 Å². The van der Waals surface area contributed by atoms with E-state index in [0.717, 1.165) is 36.0 Å². The van der Waals surface area contributed by atoms with Crippen LogP contribution >= 0.6 is 11.6 Å². The molecule has 0 nitrogen and oxygen atoms in total. The number of alkyl halides is 1. The van der Waals surface area contributed by atoms with Crippen molar-refractivity contribution in [2.24, 2.45) is 35.0 Å². The van der Waals surface area contributed by atoms with Crippen molar-refractivity contribution in [3.05, 3.63) is 23.8 Å². The van der Waals surface area contributed by atoms with Gasteiger partial charge >= 0.3 is 0 Å². The minimum Gasteiger partial charge on any atom is -0.122 e. The van der Waals surface area contributed by atoms with Gasteiger partial charge in [0.15, 0.2) is 0 Å². The number of rotatable bonds is 3. The molecular formula is C23H35Cl. The highest BCUT2D eigenvalue weighted by Crippen LogP contribution is 2.62. The quantitative estimate of drug-likeness (QED) is 0.376. The Bertz CT molecular complexity index is 514. The summed E-state index contributed by atoms with van der Waals surface area (Å²) in [6.07, 6.45) is 21.6. The van der Waals surface area contributed by atoms with E-state index >= 15 is 0 Å². The Kier molecular flexibility index (Phi) is 4.89. The smallest absolute Gasteiger partial charge is 0.0464 e. The summed E-state index contributed by atoms with van der Waals surface area (Å²) in [7, 11) is 0. The summed E-state index contributed by atoms with van der Waals surface area (Å²) in [5, 5.41) is 0.293. The molecule has 4 aliphatic rings. The molecule has 134 valence electrons. The summed E-state index contributed by atoms with van der Waals surface area (Å²) in [5.74, 6) is 4.95. The Morgan fingerprint density at radius 3 is 2.75 bits per heavy atom. The maximum absolute atomic E-state index is 7.07. The van der Waals surface area contributed by atoms with Gasteiger partial charge in [-0.1, -0.05) is 43.1 Å². The largest absolute Gasteiger partial charge is 0.122 e. The Morgan fingerprint density at radius 1 is 1.08 bits per heavy atom. The number of hydrogen-bond donors (Lipinski definition) is 0. The van der Waals surface area contributed by atoms with Gasteiger partial charge in [0.2, 0.25) is 0 Å². The van der Waals surface area contributed by atoms with Gasteiger partial charge in [0.25, 0.3) is 0 Å². The van der Waals surface area contributed by atoms with E-state index in [0.29, 0.717) is 10.8 Å². The Balaban J connectivity index is 1.55. The minimum atomic E-state index is 0.293. The molecule has 24 heavy (non-hydrogen) atoms. The molecule has 2 unspecified atom stereocenters. The fraction of sp³-hybridized carbons (Fsp3) is 0.826. The molecule has 0 aromatic carbocycles. The van der Waals surface area contributed by atoms with Crippen LogP contribution in [0, 0.1) is 35.0 Å². The molecule has 1 heteroatoms. The lowest BCUT2D eigenvalue weighted by Crippen LogP contribution is -2.50. The first-order valence-electron chi connectivity index (χ1n) is 10.6. The lowest BCUT2D eigenvalue weighted by molar-refractivity contribution is -0.0464. The molecule has 0 spiro atoms. The molecule has 4 aliphatic carbocycles. The molecule has 0 radical (unpaired) electrons. The molecule has 0 heterocycles. The van der Waals surface area contributed by atoms with Gasteiger partial charge < -0.3 is 0 Å². The van der Waals surface area contributed by atoms with Crippen LogP contribution in [0.15, 0.2) is 23.8 Å². The van der Waals surface area contributed by atoms with Gasteiger partial charge in [0.1, 0.15) is 0 Å². The number of allylic oxidation sites excluding steroid dienone is 4. The minimum absolute atomic E-state index is 0.293. The molecule has 7 atom stereocenters. The average molecular weight is 347 g/mol. The molecule has 4 rings (SSSR count). The second kappa shape index (κ2) is 6.82. The predicted octanol–water partition coefficient (Wildman–Crippen LogP) is 7.14. The van der Waals surface area contributed by atoms with Gasteiger partial charge in [-0.2, -0.15) is 0 Å². The SMILES string of the molecule is CC(C)=CCC(Cl)[C@@]12C=CC[C@H]1[C@@H]1CCC3CCCC[C@@H]3[C@H]1CC2. The molecule has 0 aromatic heterocycles. The van der Waals surface area contributed by atoms with Gasteiger partial charge in [0.05, 0.1) is 0 Å². The van der Waals surface area contributed by atoms with Crippen molar-refractivity contribution in [1.82, 2.24) is 0 Å². The van der Waals surface area contributed by atoms with E-state index in [2.05, 4.69) is 32.1 Å². The highest BCUT2D eigenvalue weighted by atomic mass is 35.5. The normalized spacial score (nSPS) is 45.0. The molecule has 3 saturated carbocycles. The molecular weight excluding hydrogens is 312 g/mol. The van der Waals surface area contributed by atoms with Crippen molar-refractivity contribution in [3.63, 3.8) is 0 Å².